The van der Waals surface area contributed by atoms with E-state index in [0.717, 1.165) is 24.2 Å². The molecule has 0 aliphatic carbocycles. The van der Waals surface area contributed by atoms with Crippen LogP contribution in [0.1, 0.15) is 30.5 Å². The maximum absolute atomic E-state index is 14.2. The number of hydrogen-bond donors (Lipinski definition) is 0. The minimum absolute atomic E-state index is 0.0125. The fourth-order valence-corrected chi connectivity index (χ4v) is 3.24. The molecule has 0 spiro atoms. The topological polar surface area (TPSA) is 39.9 Å². The van der Waals surface area contributed by atoms with Crippen LogP contribution in [-0.4, -0.2) is 14.8 Å². The largest absolute Gasteiger partial charge is 0.454 e. The average molecular weight is 405 g/mol. The van der Waals surface area contributed by atoms with Gasteiger partial charge in [0.1, 0.15) is 5.75 Å². The van der Waals surface area contributed by atoms with Crippen LogP contribution in [0.2, 0.25) is 0 Å². The van der Waals surface area contributed by atoms with Gasteiger partial charge in [-0.05, 0) is 30.2 Å². The lowest BCUT2D eigenvalue weighted by atomic mass is 9.78. The van der Waals surface area contributed by atoms with Gasteiger partial charge >= 0.3 is 0 Å². The standard InChI is InChI=1S/C24H21F2N3O/c1-16-4-6-17(7-5-16)24(2,3)18-8-10-20(11-9-18)30-22-12-23(27-14-21(22)26)29-15-19(25)13-28-29/h4-15H,1-3H3. The zero-order valence-corrected chi connectivity index (χ0v) is 16.9. The van der Waals surface area contributed by atoms with Crippen LogP contribution in [0.25, 0.3) is 5.82 Å². The molecule has 0 atom stereocenters. The summed E-state index contributed by atoms with van der Waals surface area (Å²) in [5.41, 5.74) is 3.35. The molecule has 0 bridgehead atoms. The fourth-order valence-electron chi connectivity index (χ4n) is 3.24. The molecule has 2 heterocycles. The first-order valence-corrected chi connectivity index (χ1v) is 9.54. The maximum atomic E-state index is 14.2. The van der Waals surface area contributed by atoms with Crippen molar-refractivity contribution in [3.05, 3.63) is 102 Å². The van der Waals surface area contributed by atoms with Gasteiger partial charge in [-0.15, -0.1) is 0 Å². The molecule has 0 aliphatic rings. The minimum Gasteiger partial charge on any atom is -0.454 e. The SMILES string of the molecule is Cc1ccc(C(C)(C)c2ccc(Oc3cc(-n4cc(F)cn4)ncc3F)cc2)cc1. The number of aromatic nitrogens is 3. The van der Waals surface area contributed by atoms with Crippen LogP contribution in [0.15, 0.2) is 73.2 Å². The highest BCUT2D eigenvalue weighted by Crippen LogP contribution is 2.33. The first-order valence-electron chi connectivity index (χ1n) is 9.54. The molecule has 4 rings (SSSR count). The highest BCUT2D eigenvalue weighted by Gasteiger charge is 2.23. The molecular formula is C24H21F2N3O. The maximum Gasteiger partial charge on any atom is 0.184 e. The quantitative estimate of drug-likeness (QED) is 0.411. The molecule has 0 N–H and O–H groups in total. The zero-order chi connectivity index (χ0) is 21.3. The Morgan fingerprint density at radius 1 is 0.900 bits per heavy atom. The predicted molar refractivity (Wildman–Crippen MR) is 111 cm³/mol. The molecule has 4 nitrogen and oxygen atoms in total. The van der Waals surface area contributed by atoms with Gasteiger partial charge in [-0.25, -0.2) is 18.4 Å². The second-order valence-electron chi connectivity index (χ2n) is 7.69. The normalized spacial score (nSPS) is 11.5. The molecule has 0 saturated heterocycles. The number of aryl methyl sites for hydroxylation is 1. The van der Waals surface area contributed by atoms with E-state index in [1.54, 1.807) is 12.1 Å². The van der Waals surface area contributed by atoms with Gasteiger partial charge in [-0.3, -0.25) is 0 Å². The van der Waals surface area contributed by atoms with E-state index in [0.29, 0.717) is 5.75 Å². The van der Waals surface area contributed by atoms with Crippen molar-refractivity contribution in [2.75, 3.05) is 0 Å². The summed E-state index contributed by atoms with van der Waals surface area (Å²) >= 11 is 0. The second kappa shape index (κ2) is 7.71. The Hall–Kier alpha value is -3.54. The van der Waals surface area contributed by atoms with Gasteiger partial charge in [0.15, 0.2) is 23.2 Å². The number of hydrogen-bond acceptors (Lipinski definition) is 3. The van der Waals surface area contributed by atoms with E-state index in [4.69, 9.17) is 4.74 Å². The van der Waals surface area contributed by atoms with E-state index >= 15 is 0 Å². The first kappa shape index (κ1) is 19.8. The van der Waals surface area contributed by atoms with Gasteiger partial charge in [-0.1, -0.05) is 55.8 Å². The number of benzene rings is 2. The van der Waals surface area contributed by atoms with Crippen molar-refractivity contribution in [3.8, 4) is 17.3 Å². The van der Waals surface area contributed by atoms with Crippen molar-refractivity contribution in [3.63, 3.8) is 0 Å². The summed E-state index contributed by atoms with van der Waals surface area (Å²) in [7, 11) is 0. The van der Waals surface area contributed by atoms with Crippen LogP contribution in [0, 0.1) is 18.6 Å². The Labute approximate surface area is 173 Å². The molecule has 30 heavy (non-hydrogen) atoms. The summed E-state index contributed by atoms with van der Waals surface area (Å²) in [6.45, 7) is 6.38. The van der Waals surface area contributed by atoms with Crippen LogP contribution >= 0.6 is 0 Å². The monoisotopic (exact) mass is 405 g/mol. The van der Waals surface area contributed by atoms with E-state index in [-0.39, 0.29) is 17.0 Å². The van der Waals surface area contributed by atoms with E-state index in [1.807, 2.05) is 12.1 Å². The summed E-state index contributed by atoms with van der Waals surface area (Å²) in [6.07, 6.45) is 3.24. The van der Waals surface area contributed by atoms with E-state index in [9.17, 15) is 8.78 Å². The molecule has 0 saturated carbocycles. The van der Waals surface area contributed by atoms with Crippen molar-refractivity contribution >= 4 is 0 Å². The van der Waals surface area contributed by atoms with E-state index in [2.05, 4.69) is 55.1 Å². The van der Waals surface area contributed by atoms with Crippen LogP contribution < -0.4 is 4.74 Å². The van der Waals surface area contributed by atoms with Crippen molar-refractivity contribution in [1.82, 2.24) is 14.8 Å². The van der Waals surface area contributed by atoms with Gasteiger partial charge in [0.05, 0.1) is 18.6 Å². The number of halogens is 2. The summed E-state index contributed by atoms with van der Waals surface area (Å²) in [5.74, 6) is -0.388. The van der Waals surface area contributed by atoms with Crippen molar-refractivity contribution in [1.29, 1.82) is 0 Å². The molecule has 4 aromatic rings. The zero-order valence-electron chi connectivity index (χ0n) is 16.9. The number of nitrogens with zero attached hydrogens (tertiary/aromatic N) is 3. The number of ether oxygens (including phenoxy) is 1. The summed E-state index contributed by atoms with van der Waals surface area (Å²) < 4.78 is 34.3. The summed E-state index contributed by atoms with van der Waals surface area (Å²) in [4.78, 5) is 3.93. The van der Waals surface area contributed by atoms with Crippen LogP contribution in [0.3, 0.4) is 0 Å². The number of rotatable bonds is 5. The highest BCUT2D eigenvalue weighted by atomic mass is 19.1. The first-order chi connectivity index (χ1) is 14.3. The van der Waals surface area contributed by atoms with Crippen molar-refractivity contribution < 1.29 is 13.5 Å². The Balaban J connectivity index is 1.57. The third kappa shape index (κ3) is 3.94. The molecule has 0 amide bonds. The summed E-state index contributed by atoms with van der Waals surface area (Å²) in [5, 5.41) is 3.84. The van der Waals surface area contributed by atoms with Crippen molar-refractivity contribution in [2.24, 2.45) is 0 Å². The van der Waals surface area contributed by atoms with Gasteiger partial charge in [0, 0.05) is 11.5 Å². The smallest absolute Gasteiger partial charge is 0.184 e. The lowest BCUT2D eigenvalue weighted by Gasteiger charge is -2.26. The van der Waals surface area contributed by atoms with Gasteiger partial charge in [0.25, 0.3) is 0 Å². The number of pyridine rings is 1. The Bertz CT molecular complexity index is 1170. The molecular weight excluding hydrogens is 384 g/mol. The Morgan fingerprint density at radius 3 is 2.13 bits per heavy atom. The molecule has 152 valence electrons. The minimum atomic E-state index is -0.615. The van der Waals surface area contributed by atoms with Gasteiger partial charge < -0.3 is 4.74 Å². The van der Waals surface area contributed by atoms with Crippen molar-refractivity contribution in [2.45, 2.75) is 26.2 Å². The third-order valence-electron chi connectivity index (χ3n) is 5.17. The molecule has 0 unspecified atom stereocenters. The Morgan fingerprint density at radius 2 is 1.53 bits per heavy atom. The lowest BCUT2D eigenvalue weighted by Crippen LogP contribution is -2.18. The van der Waals surface area contributed by atoms with E-state index in [1.165, 1.54) is 21.9 Å². The predicted octanol–water partition coefficient (Wildman–Crippen LogP) is 5.97. The summed E-state index contributed by atoms with van der Waals surface area (Å²) in [6, 6.07) is 17.4. The Kier molecular flexibility index (Phi) is 5.08. The highest BCUT2D eigenvalue weighted by molar-refractivity contribution is 5.42. The second-order valence-corrected chi connectivity index (χ2v) is 7.69. The van der Waals surface area contributed by atoms with Crippen LogP contribution in [-0.2, 0) is 5.41 Å². The van der Waals surface area contributed by atoms with Gasteiger partial charge in [-0.2, -0.15) is 5.10 Å². The fraction of sp³-hybridized carbons (Fsp3) is 0.167. The molecule has 2 aromatic carbocycles. The van der Waals surface area contributed by atoms with Gasteiger partial charge in [0.2, 0.25) is 0 Å². The molecule has 0 radical (unpaired) electrons. The molecule has 2 aromatic heterocycles. The molecule has 6 heteroatoms. The third-order valence-corrected chi connectivity index (χ3v) is 5.17. The lowest BCUT2D eigenvalue weighted by molar-refractivity contribution is 0.439. The molecule has 0 fully saturated rings. The van der Waals surface area contributed by atoms with Crippen LogP contribution in [0.5, 0.6) is 11.5 Å². The van der Waals surface area contributed by atoms with E-state index < -0.39 is 11.6 Å². The molecule has 0 aliphatic heterocycles. The average Bonchev–Trinajstić information content (AvgIpc) is 3.17. The van der Waals surface area contributed by atoms with Crippen LogP contribution in [0.4, 0.5) is 8.78 Å².